The highest BCUT2D eigenvalue weighted by atomic mass is 35.5. The fourth-order valence-corrected chi connectivity index (χ4v) is 2.92. The molecule has 0 heterocycles. The number of halogens is 2. The van der Waals surface area contributed by atoms with Gasteiger partial charge in [0.25, 0.3) is 0 Å². The largest absolute Gasteiger partial charge is 0.390 e. The minimum absolute atomic E-state index is 0.187. The van der Waals surface area contributed by atoms with Crippen molar-refractivity contribution in [3.63, 3.8) is 0 Å². The Balaban J connectivity index is 2.01. The molecule has 2 N–H and O–H groups in total. The quantitative estimate of drug-likeness (QED) is 0.593. The van der Waals surface area contributed by atoms with Crippen LogP contribution in [-0.2, 0) is 5.75 Å². The number of alkyl halides is 1. The van der Waals surface area contributed by atoms with Crippen LogP contribution in [0.25, 0.3) is 0 Å². The van der Waals surface area contributed by atoms with E-state index in [1.54, 1.807) is 23.9 Å². The van der Waals surface area contributed by atoms with Gasteiger partial charge in [0.05, 0.1) is 12.0 Å². The van der Waals surface area contributed by atoms with Crippen molar-refractivity contribution in [1.29, 1.82) is 0 Å². The van der Waals surface area contributed by atoms with E-state index in [1.165, 1.54) is 6.07 Å². The van der Waals surface area contributed by atoms with Gasteiger partial charge in [0.1, 0.15) is 5.82 Å². The summed E-state index contributed by atoms with van der Waals surface area (Å²) in [6.45, 7) is 0.390. The van der Waals surface area contributed by atoms with Gasteiger partial charge in [0.15, 0.2) is 0 Å². The van der Waals surface area contributed by atoms with E-state index in [4.69, 9.17) is 11.6 Å². The molecule has 0 saturated heterocycles. The van der Waals surface area contributed by atoms with Crippen LogP contribution in [-0.4, -0.2) is 23.6 Å². The molecule has 2 nitrogen and oxygen atoms in total. The number of thioether (sulfide) groups is 1. The third kappa shape index (κ3) is 4.92. The Morgan fingerprint density at radius 2 is 1.86 bits per heavy atom. The number of aliphatic hydroxyl groups is 1. The molecule has 2 aromatic carbocycles. The summed E-state index contributed by atoms with van der Waals surface area (Å²) in [4.78, 5) is 1.02. The van der Waals surface area contributed by atoms with E-state index < -0.39 is 6.10 Å². The van der Waals surface area contributed by atoms with Crippen LogP contribution >= 0.6 is 23.4 Å². The molecule has 0 amide bonds. The van der Waals surface area contributed by atoms with Gasteiger partial charge in [-0.1, -0.05) is 30.3 Å². The van der Waals surface area contributed by atoms with Crippen LogP contribution in [0.1, 0.15) is 5.56 Å². The smallest absolute Gasteiger partial charge is 0.127 e. The molecule has 1 atom stereocenters. The maximum atomic E-state index is 13.6. The average molecular weight is 326 g/mol. The first-order chi connectivity index (χ1) is 10.2. The molecule has 2 aromatic rings. The Hall–Kier alpha value is -1.23. The molecule has 0 aliphatic carbocycles. The molecule has 0 saturated carbocycles. The number of anilines is 1. The van der Waals surface area contributed by atoms with Crippen LogP contribution < -0.4 is 5.32 Å². The summed E-state index contributed by atoms with van der Waals surface area (Å²) in [6, 6.07) is 14.5. The Morgan fingerprint density at radius 3 is 2.62 bits per heavy atom. The van der Waals surface area contributed by atoms with Crippen molar-refractivity contribution in [1.82, 2.24) is 0 Å². The van der Waals surface area contributed by atoms with Gasteiger partial charge in [0, 0.05) is 22.9 Å². The molecule has 1 unspecified atom stereocenters. The molecule has 5 heteroatoms. The summed E-state index contributed by atoms with van der Waals surface area (Å²) in [5, 5.41) is 12.7. The summed E-state index contributed by atoms with van der Waals surface area (Å²) in [5.74, 6) is 0.564. The normalized spacial score (nSPS) is 12.1. The summed E-state index contributed by atoms with van der Waals surface area (Å²) >= 11 is 7.14. The molecular weight excluding hydrogens is 309 g/mol. The first-order valence-corrected chi connectivity index (χ1v) is 8.16. The Morgan fingerprint density at radius 1 is 1.14 bits per heavy atom. The first-order valence-electron chi connectivity index (χ1n) is 6.64. The van der Waals surface area contributed by atoms with E-state index in [9.17, 15) is 9.50 Å². The monoisotopic (exact) mass is 325 g/mol. The number of benzene rings is 2. The molecule has 0 aromatic heterocycles. The molecule has 0 fully saturated rings. The van der Waals surface area contributed by atoms with Crippen molar-refractivity contribution < 1.29 is 9.50 Å². The zero-order valence-electron chi connectivity index (χ0n) is 11.4. The van der Waals surface area contributed by atoms with Gasteiger partial charge in [-0.3, -0.25) is 0 Å². The topological polar surface area (TPSA) is 32.3 Å². The summed E-state index contributed by atoms with van der Waals surface area (Å²) in [6.07, 6.45) is -0.587. The zero-order valence-corrected chi connectivity index (χ0v) is 13.0. The lowest BCUT2D eigenvalue weighted by Gasteiger charge is -2.14. The second-order valence-corrected chi connectivity index (χ2v) is 5.89. The molecule has 0 bridgehead atoms. The Labute approximate surface area is 133 Å². The Kier molecular flexibility index (Phi) is 6.36. The van der Waals surface area contributed by atoms with Crippen LogP contribution in [0.4, 0.5) is 10.1 Å². The van der Waals surface area contributed by atoms with Gasteiger partial charge in [-0.25, -0.2) is 4.39 Å². The maximum Gasteiger partial charge on any atom is 0.127 e. The van der Waals surface area contributed by atoms with Crippen molar-refractivity contribution >= 4 is 29.1 Å². The molecule has 0 aliphatic heterocycles. The fourth-order valence-electron chi connectivity index (χ4n) is 1.79. The summed E-state index contributed by atoms with van der Waals surface area (Å²) in [7, 11) is 0. The Bertz CT molecular complexity index is 582. The lowest BCUT2D eigenvalue weighted by Crippen LogP contribution is -2.20. The van der Waals surface area contributed by atoms with Crippen molar-refractivity contribution in [3.8, 4) is 0 Å². The highest BCUT2D eigenvalue weighted by Crippen LogP contribution is 2.30. The third-order valence-corrected chi connectivity index (χ3v) is 4.41. The van der Waals surface area contributed by atoms with E-state index in [-0.39, 0.29) is 11.7 Å². The van der Waals surface area contributed by atoms with Gasteiger partial charge in [-0.2, -0.15) is 0 Å². The van der Waals surface area contributed by atoms with Crippen LogP contribution in [0.2, 0.25) is 0 Å². The number of aliphatic hydroxyl groups excluding tert-OH is 1. The predicted molar refractivity (Wildman–Crippen MR) is 87.6 cm³/mol. The molecule has 0 aliphatic rings. The van der Waals surface area contributed by atoms with E-state index >= 15 is 0 Å². The van der Waals surface area contributed by atoms with Crippen LogP contribution in [0.3, 0.4) is 0 Å². The maximum absolute atomic E-state index is 13.6. The molecule has 21 heavy (non-hydrogen) atoms. The van der Waals surface area contributed by atoms with Crippen molar-refractivity contribution in [2.24, 2.45) is 0 Å². The molecular formula is C16H17ClFNOS. The molecule has 0 radical (unpaired) electrons. The van der Waals surface area contributed by atoms with Crippen LogP contribution in [0.15, 0.2) is 53.4 Å². The molecule has 0 spiro atoms. The van der Waals surface area contributed by atoms with E-state index in [0.717, 1.165) is 10.6 Å². The lowest BCUT2D eigenvalue weighted by molar-refractivity contribution is 0.211. The van der Waals surface area contributed by atoms with Gasteiger partial charge < -0.3 is 10.4 Å². The minimum Gasteiger partial charge on any atom is -0.390 e. The third-order valence-electron chi connectivity index (χ3n) is 2.93. The number of para-hydroxylation sites is 1. The average Bonchev–Trinajstić information content (AvgIpc) is 2.52. The SMILES string of the molecule is OC(CCl)CNc1ccccc1SCc1ccccc1F. The molecule has 112 valence electrons. The van der Waals surface area contributed by atoms with Crippen LogP contribution in [0.5, 0.6) is 0 Å². The second-order valence-electron chi connectivity index (χ2n) is 4.57. The predicted octanol–water partition coefficient (Wildman–Crippen LogP) is 4.13. The van der Waals surface area contributed by atoms with E-state index in [0.29, 0.717) is 17.9 Å². The number of hydrogen-bond acceptors (Lipinski definition) is 3. The van der Waals surface area contributed by atoms with Gasteiger partial charge in [-0.05, 0) is 23.8 Å². The van der Waals surface area contributed by atoms with Gasteiger partial charge in [0.2, 0.25) is 0 Å². The first kappa shape index (κ1) is 16.1. The highest BCUT2D eigenvalue weighted by molar-refractivity contribution is 7.98. The highest BCUT2D eigenvalue weighted by Gasteiger charge is 2.07. The molecule has 2 rings (SSSR count). The standard InChI is InChI=1S/C16H17ClFNOS/c17-9-13(20)10-19-15-7-3-4-8-16(15)21-11-12-5-1-2-6-14(12)18/h1-8,13,19-20H,9-11H2. The second kappa shape index (κ2) is 8.27. The number of rotatable bonds is 7. The van der Waals surface area contributed by atoms with E-state index in [1.807, 2.05) is 30.3 Å². The summed E-state index contributed by atoms with van der Waals surface area (Å²) < 4.78 is 13.6. The van der Waals surface area contributed by atoms with Gasteiger partial charge in [-0.15, -0.1) is 23.4 Å². The summed E-state index contributed by atoms with van der Waals surface area (Å²) in [5.41, 5.74) is 1.60. The van der Waals surface area contributed by atoms with Gasteiger partial charge >= 0.3 is 0 Å². The zero-order chi connectivity index (χ0) is 15.1. The van der Waals surface area contributed by atoms with Crippen LogP contribution in [0, 0.1) is 5.82 Å². The number of nitrogens with one attached hydrogen (secondary N) is 1. The lowest BCUT2D eigenvalue weighted by atomic mass is 10.2. The van der Waals surface area contributed by atoms with E-state index in [2.05, 4.69) is 5.32 Å². The number of hydrogen-bond donors (Lipinski definition) is 2. The van der Waals surface area contributed by atoms with Crippen molar-refractivity contribution in [3.05, 3.63) is 59.9 Å². The minimum atomic E-state index is -0.587. The van der Waals surface area contributed by atoms with Crippen molar-refractivity contribution in [2.75, 3.05) is 17.7 Å². The fraction of sp³-hybridized carbons (Fsp3) is 0.250. The van der Waals surface area contributed by atoms with Crippen molar-refractivity contribution in [2.45, 2.75) is 16.8 Å².